The van der Waals surface area contributed by atoms with E-state index < -0.39 is 27.4 Å². The lowest BCUT2D eigenvalue weighted by Gasteiger charge is -2.12. The van der Waals surface area contributed by atoms with Crippen molar-refractivity contribution < 1.29 is 27.7 Å². The van der Waals surface area contributed by atoms with Gasteiger partial charge in [-0.3, -0.25) is 14.4 Å². The molecule has 0 N–H and O–H groups in total. The Morgan fingerprint density at radius 3 is 1.15 bits per heavy atom. The third-order valence-electron chi connectivity index (χ3n) is 0.787. The molecular weight excluding hydrogens is 196 g/mol. The van der Waals surface area contributed by atoms with Crippen LogP contribution in [0.3, 0.4) is 0 Å². The van der Waals surface area contributed by atoms with E-state index >= 15 is 0 Å². The first-order valence-electron chi connectivity index (χ1n) is 3.43. The van der Waals surface area contributed by atoms with Crippen LogP contribution in [0, 0.1) is 0 Å². The third kappa shape index (κ3) is 7.00. The highest BCUT2D eigenvalue weighted by atomic mass is 28.3. The van der Waals surface area contributed by atoms with Crippen molar-refractivity contribution in [2.24, 2.45) is 0 Å². The zero-order valence-corrected chi connectivity index (χ0v) is 8.68. The van der Waals surface area contributed by atoms with Gasteiger partial charge in [0.05, 0.1) is 0 Å². The molecule has 74 valence electrons. The maximum Gasteiger partial charge on any atom is 0.689 e. The van der Waals surface area contributed by atoms with E-state index in [1.54, 1.807) is 0 Å². The van der Waals surface area contributed by atoms with E-state index in [0.29, 0.717) is 0 Å². The lowest BCUT2D eigenvalue weighted by Crippen LogP contribution is -2.32. The lowest BCUT2D eigenvalue weighted by atomic mass is 10.9. The predicted octanol–water partition coefficient (Wildman–Crippen LogP) is -0.607. The molecule has 0 heterocycles. The Bertz CT molecular complexity index is 187. The molecule has 0 saturated heterocycles. The molecule has 0 aromatic heterocycles. The van der Waals surface area contributed by atoms with Gasteiger partial charge >= 0.3 is 9.53 Å². The third-order valence-corrected chi connectivity index (χ3v) is 2.36. The molecule has 0 saturated carbocycles. The molecular formula is C6H10O6Si. The van der Waals surface area contributed by atoms with Crippen LogP contribution < -0.4 is 0 Å². The molecule has 0 aliphatic heterocycles. The highest BCUT2D eigenvalue weighted by Crippen LogP contribution is 1.94. The SMILES string of the molecule is CC(=O)O[SiH](OC(C)=O)OC(C)=O. The molecule has 6 nitrogen and oxygen atoms in total. The van der Waals surface area contributed by atoms with Crippen molar-refractivity contribution in [3.8, 4) is 0 Å². The van der Waals surface area contributed by atoms with Gasteiger partial charge in [-0.25, -0.2) is 0 Å². The van der Waals surface area contributed by atoms with E-state index in [2.05, 4.69) is 13.3 Å². The van der Waals surface area contributed by atoms with Gasteiger partial charge in [0, 0.05) is 20.8 Å². The Labute approximate surface area is 76.7 Å². The van der Waals surface area contributed by atoms with E-state index in [-0.39, 0.29) is 0 Å². The van der Waals surface area contributed by atoms with Gasteiger partial charge in [0.2, 0.25) is 0 Å². The van der Waals surface area contributed by atoms with E-state index in [1.807, 2.05) is 0 Å². The Hall–Kier alpha value is -1.37. The monoisotopic (exact) mass is 206 g/mol. The van der Waals surface area contributed by atoms with Gasteiger partial charge in [0.25, 0.3) is 17.9 Å². The summed E-state index contributed by atoms with van der Waals surface area (Å²) in [5.41, 5.74) is 0. The van der Waals surface area contributed by atoms with Crippen LogP contribution >= 0.6 is 0 Å². The summed E-state index contributed by atoms with van der Waals surface area (Å²) in [4.78, 5) is 31.3. The number of carbonyl (C=O) groups excluding carboxylic acids is 3. The molecule has 0 aliphatic carbocycles. The standard InChI is InChI=1S/C6H10O6Si/c1-4(7)10-13(11-5(2)8)12-6(3)9/h13H,1-3H3. The van der Waals surface area contributed by atoms with Crippen molar-refractivity contribution in [2.75, 3.05) is 0 Å². The van der Waals surface area contributed by atoms with Crippen LogP contribution in [-0.2, 0) is 27.7 Å². The molecule has 0 aliphatic rings. The molecule has 0 aromatic carbocycles. The van der Waals surface area contributed by atoms with Gasteiger partial charge in [-0.15, -0.1) is 0 Å². The second kappa shape index (κ2) is 5.30. The van der Waals surface area contributed by atoms with Crippen molar-refractivity contribution in [3.05, 3.63) is 0 Å². The molecule has 0 aromatic rings. The van der Waals surface area contributed by atoms with Crippen molar-refractivity contribution in [1.29, 1.82) is 0 Å². The molecule has 0 spiro atoms. The van der Waals surface area contributed by atoms with Crippen LogP contribution in [0.5, 0.6) is 0 Å². The van der Waals surface area contributed by atoms with Gasteiger partial charge in [-0.2, -0.15) is 0 Å². The molecule has 0 atom stereocenters. The average molecular weight is 206 g/mol. The van der Waals surface area contributed by atoms with Crippen LogP contribution in [0.25, 0.3) is 0 Å². The Morgan fingerprint density at radius 1 is 0.769 bits per heavy atom. The van der Waals surface area contributed by atoms with E-state index in [9.17, 15) is 14.4 Å². The fourth-order valence-corrected chi connectivity index (χ4v) is 1.44. The number of rotatable bonds is 3. The summed E-state index contributed by atoms with van der Waals surface area (Å²) in [7, 11) is -2.96. The zero-order valence-electron chi connectivity index (χ0n) is 7.53. The lowest BCUT2D eigenvalue weighted by molar-refractivity contribution is -0.144. The number of hydrogen-bond donors (Lipinski definition) is 0. The van der Waals surface area contributed by atoms with Crippen LogP contribution in [-0.4, -0.2) is 27.4 Å². The minimum Gasteiger partial charge on any atom is -0.458 e. The number of hydrogen-bond acceptors (Lipinski definition) is 6. The predicted molar refractivity (Wildman–Crippen MR) is 42.4 cm³/mol. The summed E-state index contributed by atoms with van der Waals surface area (Å²) in [6.07, 6.45) is 0. The molecule has 0 radical (unpaired) electrons. The zero-order chi connectivity index (χ0) is 10.4. The molecule has 0 bridgehead atoms. The largest absolute Gasteiger partial charge is 0.689 e. The van der Waals surface area contributed by atoms with Crippen LogP contribution in [0.1, 0.15) is 20.8 Å². The fraction of sp³-hybridized carbons (Fsp3) is 0.500. The van der Waals surface area contributed by atoms with Crippen LogP contribution in [0.2, 0.25) is 0 Å². The molecule has 7 heteroatoms. The maximum atomic E-state index is 10.4. The molecule has 0 fully saturated rings. The summed E-state index contributed by atoms with van der Waals surface area (Å²) in [6.45, 7) is 3.40. The average Bonchev–Trinajstić information content (AvgIpc) is 1.80. The first kappa shape index (κ1) is 11.6. The Balaban J connectivity index is 4.10. The van der Waals surface area contributed by atoms with Gasteiger partial charge in [0.1, 0.15) is 0 Å². The van der Waals surface area contributed by atoms with Crippen LogP contribution in [0.15, 0.2) is 0 Å². The number of carbonyl (C=O) groups is 3. The van der Waals surface area contributed by atoms with E-state index in [0.717, 1.165) is 20.8 Å². The van der Waals surface area contributed by atoms with Gasteiger partial charge in [-0.05, 0) is 0 Å². The van der Waals surface area contributed by atoms with Gasteiger partial charge in [0.15, 0.2) is 0 Å². The maximum absolute atomic E-state index is 10.4. The normalized spacial score (nSPS) is 9.23. The molecule has 13 heavy (non-hydrogen) atoms. The summed E-state index contributed by atoms with van der Waals surface area (Å²) in [5, 5.41) is 0. The second-order valence-electron chi connectivity index (χ2n) is 2.12. The Morgan fingerprint density at radius 2 is 1.00 bits per heavy atom. The van der Waals surface area contributed by atoms with Crippen molar-refractivity contribution in [3.63, 3.8) is 0 Å². The topological polar surface area (TPSA) is 78.9 Å². The van der Waals surface area contributed by atoms with E-state index in [1.165, 1.54) is 0 Å². The summed E-state index contributed by atoms with van der Waals surface area (Å²) >= 11 is 0. The molecule has 0 rings (SSSR count). The van der Waals surface area contributed by atoms with E-state index in [4.69, 9.17) is 0 Å². The highest BCUT2D eigenvalue weighted by molar-refractivity contribution is 6.43. The first-order valence-corrected chi connectivity index (χ1v) is 4.85. The van der Waals surface area contributed by atoms with Gasteiger partial charge in [-0.1, -0.05) is 0 Å². The summed E-state index contributed by atoms with van der Waals surface area (Å²) < 4.78 is 13.5. The minimum atomic E-state index is -2.96. The summed E-state index contributed by atoms with van der Waals surface area (Å²) in [6, 6.07) is 0. The fourth-order valence-electron chi connectivity index (χ4n) is 0.479. The van der Waals surface area contributed by atoms with Gasteiger partial charge < -0.3 is 13.3 Å². The minimum absolute atomic E-state index is 0.654. The second-order valence-corrected chi connectivity index (χ2v) is 3.40. The smallest absolute Gasteiger partial charge is 0.458 e. The highest BCUT2D eigenvalue weighted by Gasteiger charge is 2.25. The summed E-state index contributed by atoms with van der Waals surface area (Å²) in [5.74, 6) is -1.96. The quantitative estimate of drug-likeness (QED) is 0.573. The molecule has 0 amide bonds. The van der Waals surface area contributed by atoms with Crippen molar-refractivity contribution in [2.45, 2.75) is 20.8 Å². The Kier molecular flexibility index (Phi) is 4.74. The first-order chi connectivity index (χ1) is 5.91. The van der Waals surface area contributed by atoms with Crippen molar-refractivity contribution >= 4 is 27.4 Å². The molecule has 0 unspecified atom stereocenters. The van der Waals surface area contributed by atoms with Crippen molar-refractivity contribution in [1.82, 2.24) is 0 Å². The van der Waals surface area contributed by atoms with Crippen LogP contribution in [0.4, 0.5) is 0 Å².